The van der Waals surface area contributed by atoms with Crippen molar-refractivity contribution in [2.45, 2.75) is 19.4 Å². The smallest absolute Gasteiger partial charge is 0.269 e. The molecule has 0 spiro atoms. The van der Waals surface area contributed by atoms with Gasteiger partial charge in [-0.3, -0.25) is 10.1 Å². The predicted molar refractivity (Wildman–Crippen MR) is 82.7 cm³/mol. The lowest BCUT2D eigenvalue weighted by molar-refractivity contribution is -0.384. The quantitative estimate of drug-likeness (QED) is 0.639. The van der Waals surface area contributed by atoms with Crippen LogP contribution in [0.4, 0.5) is 11.4 Å². The standard InChI is InChI=1S/C16H18N2O3/c1-3-16(12-6-4-8-14(10-12)18(19)20)17-13-7-5-9-15(11-13)21-2/h4-11,16-17H,3H2,1-2H3. The highest BCUT2D eigenvalue weighted by molar-refractivity contribution is 5.50. The average molecular weight is 286 g/mol. The Morgan fingerprint density at radius 2 is 2.00 bits per heavy atom. The molecule has 0 aromatic heterocycles. The molecule has 2 aromatic rings. The fourth-order valence-corrected chi connectivity index (χ4v) is 2.19. The van der Waals surface area contributed by atoms with E-state index in [4.69, 9.17) is 4.74 Å². The Labute approximate surface area is 123 Å². The SMILES string of the molecule is CCC(Nc1cccc(OC)c1)c1cccc([N+](=O)[O-])c1. The minimum absolute atomic E-state index is 0.0111. The summed E-state index contributed by atoms with van der Waals surface area (Å²) >= 11 is 0. The highest BCUT2D eigenvalue weighted by Gasteiger charge is 2.13. The number of anilines is 1. The van der Waals surface area contributed by atoms with E-state index in [1.54, 1.807) is 19.2 Å². The lowest BCUT2D eigenvalue weighted by atomic mass is 10.0. The van der Waals surface area contributed by atoms with Crippen molar-refractivity contribution < 1.29 is 9.66 Å². The van der Waals surface area contributed by atoms with Gasteiger partial charge in [0.05, 0.1) is 18.1 Å². The second-order valence-corrected chi connectivity index (χ2v) is 4.69. The lowest BCUT2D eigenvalue weighted by Gasteiger charge is -2.19. The van der Waals surface area contributed by atoms with Gasteiger partial charge in [-0.2, -0.15) is 0 Å². The number of rotatable bonds is 6. The second kappa shape index (κ2) is 6.74. The zero-order valence-corrected chi connectivity index (χ0v) is 12.1. The fourth-order valence-electron chi connectivity index (χ4n) is 2.19. The van der Waals surface area contributed by atoms with Crippen LogP contribution < -0.4 is 10.1 Å². The number of nitro benzene ring substituents is 1. The van der Waals surface area contributed by atoms with Crippen LogP contribution in [0, 0.1) is 10.1 Å². The Bertz CT molecular complexity index is 628. The lowest BCUT2D eigenvalue weighted by Crippen LogP contribution is -2.10. The van der Waals surface area contributed by atoms with Crippen molar-refractivity contribution >= 4 is 11.4 Å². The Hall–Kier alpha value is -2.56. The molecule has 0 bridgehead atoms. The van der Waals surface area contributed by atoms with Gasteiger partial charge in [0, 0.05) is 23.9 Å². The van der Waals surface area contributed by atoms with Gasteiger partial charge in [-0.05, 0) is 24.1 Å². The molecular weight excluding hydrogens is 268 g/mol. The third-order valence-corrected chi connectivity index (χ3v) is 3.30. The van der Waals surface area contributed by atoms with Gasteiger partial charge < -0.3 is 10.1 Å². The van der Waals surface area contributed by atoms with Gasteiger partial charge in [0.25, 0.3) is 5.69 Å². The molecule has 0 heterocycles. The first kappa shape index (κ1) is 14.8. The van der Waals surface area contributed by atoms with Gasteiger partial charge in [0.15, 0.2) is 0 Å². The average Bonchev–Trinajstić information content (AvgIpc) is 2.53. The van der Waals surface area contributed by atoms with E-state index >= 15 is 0 Å². The van der Waals surface area contributed by atoms with Crippen molar-refractivity contribution in [3.8, 4) is 5.75 Å². The van der Waals surface area contributed by atoms with Crippen LogP contribution in [-0.2, 0) is 0 Å². The summed E-state index contributed by atoms with van der Waals surface area (Å²) in [6.45, 7) is 2.04. The molecule has 1 unspecified atom stereocenters. The summed E-state index contributed by atoms with van der Waals surface area (Å²) in [5.74, 6) is 0.772. The monoisotopic (exact) mass is 286 g/mol. The molecule has 5 nitrogen and oxygen atoms in total. The number of non-ortho nitro benzene ring substituents is 1. The summed E-state index contributed by atoms with van der Waals surface area (Å²) in [6, 6.07) is 14.4. The first-order chi connectivity index (χ1) is 10.1. The first-order valence-electron chi connectivity index (χ1n) is 6.79. The topological polar surface area (TPSA) is 64.4 Å². The Morgan fingerprint density at radius 1 is 1.24 bits per heavy atom. The van der Waals surface area contributed by atoms with Crippen LogP contribution in [0.25, 0.3) is 0 Å². The zero-order valence-electron chi connectivity index (χ0n) is 12.1. The normalized spacial score (nSPS) is 11.7. The third-order valence-electron chi connectivity index (χ3n) is 3.30. The predicted octanol–water partition coefficient (Wildman–Crippen LogP) is 4.17. The molecule has 5 heteroatoms. The maximum atomic E-state index is 10.9. The van der Waals surface area contributed by atoms with E-state index in [1.165, 1.54) is 6.07 Å². The van der Waals surface area contributed by atoms with Gasteiger partial charge in [-0.1, -0.05) is 25.1 Å². The number of methoxy groups -OCH3 is 1. The van der Waals surface area contributed by atoms with Crippen LogP contribution in [0.5, 0.6) is 5.75 Å². The van der Waals surface area contributed by atoms with Gasteiger partial charge in [0.2, 0.25) is 0 Å². The maximum absolute atomic E-state index is 10.9. The molecule has 0 fully saturated rings. The van der Waals surface area contributed by atoms with Gasteiger partial charge in [0.1, 0.15) is 5.75 Å². The minimum Gasteiger partial charge on any atom is -0.497 e. The van der Waals surface area contributed by atoms with Crippen molar-refractivity contribution in [3.63, 3.8) is 0 Å². The molecule has 1 N–H and O–H groups in total. The second-order valence-electron chi connectivity index (χ2n) is 4.69. The first-order valence-corrected chi connectivity index (χ1v) is 6.79. The van der Waals surface area contributed by atoms with Crippen molar-refractivity contribution in [1.29, 1.82) is 0 Å². The molecular formula is C16H18N2O3. The van der Waals surface area contributed by atoms with Crippen molar-refractivity contribution in [1.82, 2.24) is 0 Å². The number of nitrogens with one attached hydrogen (secondary N) is 1. The highest BCUT2D eigenvalue weighted by Crippen LogP contribution is 2.27. The van der Waals surface area contributed by atoms with Crippen molar-refractivity contribution in [3.05, 3.63) is 64.2 Å². The largest absolute Gasteiger partial charge is 0.497 e. The molecule has 0 aliphatic carbocycles. The van der Waals surface area contributed by atoms with Gasteiger partial charge in [-0.25, -0.2) is 0 Å². The van der Waals surface area contributed by atoms with E-state index in [0.29, 0.717) is 0 Å². The van der Waals surface area contributed by atoms with E-state index in [0.717, 1.165) is 23.4 Å². The van der Waals surface area contributed by atoms with Crippen LogP contribution in [0.15, 0.2) is 48.5 Å². The molecule has 0 radical (unpaired) electrons. The molecule has 21 heavy (non-hydrogen) atoms. The summed E-state index contributed by atoms with van der Waals surface area (Å²) in [7, 11) is 1.62. The van der Waals surface area contributed by atoms with Crippen LogP contribution in [-0.4, -0.2) is 12.0 Å². The summed E-state index contributed by atoms with van der Waals surface area (Å²) in [4.78, 5) is 10.5. The Kier molecular flexibility index (Phi) is 4.77. The highest BCUT2D eigenvalue weighted by atomic mass is 16.6. The molecule has 0 amide bonds. The summed E-state index contributed by atoms with van der Waals surface area (Å²) in [5, 5.41) is 14.3. The number of hydrogen-bond acceptors (Lipinski definition) is 4. The molecule has 1 atom stereocenters. The number of benzene rings is 2. The van der Waals surface area contributed by atoms with E-state index in [9.17, 15) is 10.1 Å². The van der Waals surface area contributed by atoms with E-state index in [-0.39, 0.29) is 16.7 Å². The summed E-state index contributed by atoms with van der Waals surface area (Å²) in [5.41, 5.74) is 1.93. The molecule has 110 valence electrons. The van der Waals surface area contributed by atoms with Crippen LogP contribution in [0.2, 0.25) is 0 Å². The van der Waals surface area contributed by atoms with Gasteiger partial charge >= 0.3 is 0 Å². The maximum Gasteiger partial charge on any atom is 0.269 e. The summed E-state index contributed by atoms with van der Waals surface area (Å²) < 4.78 is 5.20. The van der Waals surface area contributed by atoms with Gasteiger partial charge in [-0.15, -0.1) is 0 Å². The fraction of sp³-hybridized carbons (Fsp3) is 0.250. The van der Waals surface area contributed by atoms with Crippen LogP contribution in [0.1, 0.15) is 24.9 Å². The minimum atomic E-state index is -0.373. The third kappa shape index (κ3) is 3.72. The van der Waals surface area contributed by atoms with E-state index < -0.39 is 0 Å². The number of hydrogen-bond donors (Lipinski definition) is 1. The van der Waals surface area contributed by atoms with Crippen molar-refractivity contribution in [2.24, 2.45) is 0 Å². The van der Waals surface area contributed by atoms with Crippen LogP contribution >= 0.6 is 0 Å². The van der Waals surface area contributed by atoms with E-state index in [2.05, 4.69) is 5.32 Å². The number of ether oxygens (including phenoxy) is 1. The number of nitro groups is 1. The Morgan fingerprint density at radius 3 is 2.67 bits per heavy atom. The molecule has 0 aliphatic rings. The molecule has 0 aliphatic heterocycles. The summed E-state index contributed by atoms with van der Waals surface area (Å²) in [6.07, 6.45) is 0.818. The molecule has 2 aromatic carbocycles. The van der Waals surface area contributed by atoms with E-state index in [1.807, 2.05) is 37.3 Å². The Balaban J connectivity index is 2.23. The molecule has 0 saturated carbocycles. The number of nitrogens with zero attached hydrogens (tertiary/aromatic N) is 1. The van der Waals surface area contributed by atoms with Crippen molar-refractivity contribution in [2.75, 3.05) is 12.4 Å². The zero-order chi connectivity index (χ0) is 15.2. The molecule has 0 saturated heterocycles. The van der Waals surface area contributed by atoms with Crippen LogP contribution in [0.3, 0.4) is 0 Å². The molecule has 2 rings (SSSR count).